The second-order valence-electron chi connectivity index (χ2n) is 4.69. The van der Waals surface area contributed by atoms with Crippen molar-refractivity contribution in [3.05, 3.63) is 5.56 Å². The molecule has 1 saturated carbocycles. The average Bonchev–Trinajstić information content (AvgIpc) is 2.92. The highest BCUT2D eigenvalue weighted by Gasteiger charge is 2.30. The summed E-state index contributed by atoms with van der Waals surface area (Å²) in [6.07, 6.45) is 3.75. The largest absolute Gasteiger partial charge is 0.383 e. The zero-order valence-corrected chi connectivity index (χ0v) is 10.2. The lowest BCUT2D eigenvalue weighted by Crippen LogP contribution is -2.05. The van der Waals surface area contributed by atoms with E-state index in [2.05, 4.69) is 23.5 Å². The molecule has 1 fully saturated rings. The maximum absolute atomic E-state index is 5.87. The topological polar surface area (TPSA) is 50.9 Å². The summed E-state index contributed by atoms with van der Waals surface area (Å²) in [5.74, 6) is 2.17. The summed E-state index contributed by atoms with van der Waals surface area (Å²) in [5.41, 5.74) is 7.15. The lowest BCUT2D eigenvalue weighted by molar-refractivity contribution is 0.607. The molecule has 1 aliphatic rings. The van der Waals surface area contributed by atoms with Crippen molar-refractivity contribution in [3.63, 3.8) is 0 Å². The highest BCUT2D eigenvalue weighted by atomic mass is 32.1. The van der Waals surface area contributed by atoms with Gasteiger partial charge in [0, 0.05) is 12.1 Å². The zero-order chi connectivity index (χ0) is 10.8. The molecular formula is C11H19N3S. The van der Waals surface area contributed by atoms with Gasteiger partial charge < -0.3 is 11.1 Å². The smallest absolute Gasteiger partial charge is 0.142 e. The molecule has 1 aromatic rings. The SMILES string of the molecule is CC(C)CCNc1snc(N)c1C1CC1. The molecule has 2 rings (SSSR count). The predicted octanol–water partition coefficient (Wildman–Crippen LogP) is 3.06. The van der Waals surface area contributed by atoms with Crippen molar-refractivity contribution in [1.82, 2.24) is 4.37 Å². The summed E-state index contributed by atoms with van der Waals surface area (Å²) in [4.78, 5) is 0. The number of rotatable bonds is 5. The number of aromatic nitrogens is 1. The summed E-state index contributed by atoms with van der Waals surface area (Å²) in [6, 6.07) is 0. The van der Waals surface area contributed by atoms with Crippen LogP contribution in [0.5, 0.6) is 0 Å². The van der Waals surface area contributed by atoms with Crippen LogP contribution in [-0.4, -0.2) is 10.9 Å². The van der Waals surface area contributed by atoms with Crippen LogP contribution in [0, 0.1) is 5.92 Å². The van der Waals surface area contributed by atoms with Crippen molar-refractivity contribution in [2.75, 3.05) is 17.6 Å². The van der Waals surface area contributed by atoms with E-state index in [0.29, 0.717) is 5.92 Å². The third kappa shape index (κ3) is 2.62. The first-order chi connectivity index (χ1) is 7.18. The molecule has 4 heteroatoms. The zero-order valence-electron chi connectivity index (χ0n) is 9.42. The van der Waals surface area contributed by atoms with E-state index in [0.717, 1.165) is 18.3 Å². The molecule has 1 aliphatic carbocycles. The fourth-order valence-electron chi connectivity index (χ4n) is 1.68. The second-order valence-corrected chi connectivity index (χ2v) is 5.47. The minimum atomic E-state index is 0.685. The molecule has 0 unspecified atom stereocenters. The average molecular weight is 225 g/mol. The van der Waals surface area contributed by atoms with Crippen molar-refractivity contribution >= 4 is 22.4 Å². The minimum absolute atomic E-state index is 0.685. The molecule has 0 bridgehead atoms. The highest BCUT2D eigenvalue weighted by Crippen LogP contribution is 2.47. The molecule has 15 heavy (non-hydrogen) atoms. The Morgan fingerprint density at radius 3 is 2.87 bits per heavy atom. The predicted molar refractivity (Wildman–Crippen MR) is 66.4 cm³/mol. The van der Waals surface area contributed by atoms with Gasteiger partial charge in [-0.25, -0.2) is 0 Å². The highest BCUT2D eigenvalue weighted by molar-refractivity contribution is 7.10. The Bertz CT molecular complexity index is 329. The van der Waals surface area contributed by atoms with Crippen LogP contribution >= 0.6 is 11.5 Å². The van der Waals surface area contributed by atoms with Crippen LogP contribution in [0.25, 0.3) is 0 Å². The quantitative estimate of drug-likeness (QED) is 0.809. The molecule has 0 aromatic carbocycles. The van der Waals surface area contributed by atoms with Gasteiger partial charge >= 0.3 is 0 Å². The van der Waals surface area contributed by atoms with Gasteiger partial charge in [0.2, 0.25) is 0 Å². The van der Waals surface area contributed by atoms with Crippen molar-refractivity contribution in [1.29, 1.82) is 0 Å². The molecule has 1 aromatic heterocycles. The Kier molecular flexibility index (Phi) is 3.14. The Hall–Kier alpha value is -0.770. The Balaban J connectivity index is 1.95. The lowest BCUT2D eigenvalue weighted by Gasteiger charge is -2.07. The third-order valence-corrected chi connectivity index (χ3v) is 3.58. The molecule has 3 N–H and O–H groups in total. The molecule has 3 nitrogen and oxygen atoms in total. The number of hydrogen-bond acceptors (Lipinski definition) is 4. The molecule has 0 spiro atoms. The van der Waals surface area contributed by atoms with E-state index in [1.165, 1.54) is 41.4 Å². The fraction of sp³-hybridized carbons (Fsp3) is 0.727. The van der Waals surface area contributed by atoms with Crippen LogP contribution in [0.2, 0.25) is 0 Å². The number of nitrogens with zero attached hydrogens (tertiary/aromatic N) is 1. The minimum Gasteiger partial charge on any atom is -0.383 e. The van der Waals surface area contributed by atoms with Crippen molar-refractivity contribution in [3.8, 4) is 0 Å². The Labute approximate surface area is 95.2 Å². The van der Waals surface area contributed by atoms with Crippen LogP contribution in [0.4, 0.5) is 10.8 Å². The first-order valence-corrected chi connectivity index (χ1v) is 6.44. The van der Waals surface area contributed by atoms with Gasteiger partial charge in [-0.05, 0) is 42.6 Å². The fourth-order valence-corrected chi connectivity index (χ4v) is 2.50. The summed E-state index contributed by atoms with van der Waals surface area (Å²) >= 11 is 1.51. The van der Waals surface area contributed by atoms with Gasteiger partial charge in [0.1, 0.15) is 10.8 Å². The van der Waals surface area contributed by atoms with Crippen molar-refractivity contribution < 1.29 is 0 Å². The Morgan fingerprint density at radius 1 is 1.53 bits per heavy atom. The van der Waals surface area contributed by atoms with Crippen LogP contribution in [0.1, 0.15) is 44.6 Å². The van der Waals surface area contributed by atoms with Gasteiger partial charge in [-0.1, -0.05) is 13.8 Å². The molecule has 0 aliphatic heterocycles. The van der Waals surface area contributed by atoms with Crippen LogP contribution in [-0.2, 0) is 0 Å². The van der Waals surface area contributed by atoms with Crippen molar-refractivity contribution in [2.45, 2.75) is 39.0 Å². The van der Waals surface area contributed by atoms with Crippen molar-refractivity contribution in [2.24, 2.45) is 5.92 Å². The summed E-state index contributed by atoms with van der Waals surface area (Å²) < 4.78 is 4.23. The van der Waals surface area contributed by atoms with Crippen LogP contribution < -0.4 is 11.1 Å². The van der Waals surface area contributed by atoms with Gasteiger partial charge in [0.05, 0.1) is 0 Å². The van der Waals surface area contributed by atoms with Crippen LogP contribution in [0.15, 0.2) is 0 Å². The molecule has 84 valence electrons. The van der Waals surface area contributed by atoms with Gasteiger partial charge in [0.25, 0.3) is 0 Å². The first kappa shape index (κ1) is 10.7. The van der Waals surface area contributed by atoms with Gasteiger partial charge in [-0.2, -0.15) is 4.37 Å². The number of nitrogen functional groups attached to an aromatic ring is 1. The molecule has 1 heterocycles. The second kappa shape index (κ2) is 4.39. The van der Waals surface area contributed by atoms with E-state index in [9.17, 15) is 0 Å². The molecule has 0 amide bonds. The third-order valence-electron chi connectivity index (χ3n) is 2.75. The van der Waals surface area contributed by atoms with E-state index in [1.807, 2.05) is 0 Å². The van der Waals surface area contributed by atoms with Gasteiger partial charge in [-0.15, -0.1) is 0 Å². The van der Waals surface area contributed by atoms with E-state index in [4.69, 9.17) is 5.73 Å². The van der Waals surface area contributed by atoms with Gasteiger partial charge in [-0.3, -0.25) is 0 Å². The number of hydrogen-bond donors (Lipinski definition) is 2. The number of nitrogens with one attached hydrogen (secondary N) is 1. The molecule has 0 saturated heterocycles. The molecule has 0 atom stereocenters. The number of anilines is 2. The van der Waals surface area contributed by atoms with E-state index >= 15 is 0 Å². The first-order valence-electron chi connectivity index (χ1n) is 5.67. The lowest BCUT2D eigenvalue weighted by atomic mass is 10.1. The molecular weight excluding hydrogens is 206 g/mol. The maximum atomic E-state index is 5.87. The van der Waals surface area contributed by atoms with E-state index in [1.54, 1.807) is 0 Å². The van der Waals surface area contributed by atoms with Gasteiger partial charge in [0.15, 0.2) is 0 Å². The van der Waals surface area contributed by atoms with E-state index in [-0.39, 0.29) is 0 Å². The monoisotopic (exact) mass is 225 g/mol. The summed E-state index contributed by atoms with van der Waals surface area (Å²) in [5, 5.41) is 4.67. The Morgan fingerprint density at radius 2 is 2.27 bits per heavy atom. The van der Waals surface area contributed by atoms with E-state index < -0.39 is 0 Å². The maximum Gasteiger partial charge on any atom is 0.142 e. The van der Waals surface area contributed by atoms with Crippen LogP contribution in [0.3, 0.4) is 0 Å². The number of nitrogens with two attached hydrogens (primary N) is 1. The molecule has 0 radical (unpaired) electrons. The summed E-state index contributed by atoms with van der Waals surface area (Å²) in [7, 11) is 0. The standard InChI is InChI=1S/C11H19N3S/c1-7(2)5-6-13-11-9(8-3-4-8)10(12)14-15-11/h7-8,13H,3-6H2,1-2H3,(H2,12,14). The summed E-state index contributed by atoms with van der Waals surface area (Å²) in [6.45, 7) is 5.51. The normalized spacial score (nSPS) is 15.9.